The van der Waals surface area contributed by atoms with Crippen LogP contribution in [0.4, 0.5) is 0 Å². The maximum Gasteiger partial charge on any atom is 0.308 e. The molecule has 2 atom stereocenters. The van der Waals surface area contributed by atoms with Gasteiger partial charge in [-0.1, -0.05) is 30.3 Å². The maximum atomic E-state index is 12.4. The number of ether oxygens (including phenoxy) is 1. The minimum Gasteiger partial charge on any atom is -0.481 e. The summed E-state index contributed by atoms with van der Waals surface area (Å²) in [5.74, 6) is -2.24. The van der Waals surface area contributed by atoms with Gasteiger partial charge in [-0.25, -0.2) is 0 Å². The molecule has 2 N–H and O–H groups in total. The normalized spacial score (nSPS) is 20.8. The summed E-state index contributed by atoms with van der Waals surface area (Å²) in [6.45, 7) is 6.57. The number of amides is 1. The number of nitrogens with zero attached hydrogens (tertiary/aromatic N) is 1. The summed E-state index contributed by atoms with van der Waals surface area (Å²) in [7, 11) is 0. The third kappa shape index (κ3) is 6.14. The highest BCUT2D eigenvalue weighted by Crippen LogP contribution is 2.25. The molecule has 0 radical (unpaired) electrons. The van der Waals surface area contributed by atoms with Gasteiger partial charge in [0.25, 0.3) is 0 Å². The molecule has 2 rings (SSSR count). The van der Waals surface area contributed by atoms with Gasteiger partial charge in [0.05, 0.1) is 17.9 Å². The lowest BCUT2D eigenvalue weighted by Gasteiger charge is -2.16. The van der Waals surface area contributed by atoms with Gasteiger partial charge in [0.2, 0.25) is 5.91 Å². The monoisotopic (exact) mass is 348 g/mol. The van der Waals surface area contributed by atoms with Crippen LogP contribution in [-0.4, -0.2) is 54.2 Å². The van der Waals surface area contributed by atoms with Crippen LogP contribution in [0.25, 0.3) is 0 Å². The van der Waals surface area contributed by atoms with Crippen LogP contribution in [0.15, 0.2) is 30.3 Å². The summed E-state index contributed by atoms with van der Waals surface area (Å²) in [5, 5.41) is 12.3. The highest BCUT2D eigenvalue weighted by Gasteiger charge is 2.41. The SMILES string of the molecule is CC(C)OCCCNC(=O)C1CN(Cc2ccccc2)CC1C(=O)O. The van der Waals surface area contributed by atoms with Crippen molar-refractivity contribution in [3.05, 3.63) is 35.9 Å². The van der Waals surface area contributed by atoms with Gasteiger partial charge in [-0.3, -0.25) is 14.5 Å². The molecule has 1 aromatic rings. The van der Waals surface area contributed by atoms with Gasteiger partial charge in [0.1, 0.15) is 0 Å². The molecule has 25 heavy (non-hydrogen) atoms. The summed E-state index contributed by atoms with van der Waals surface area (Å²) in [6.07, 6.45) is 0.899. The van der Waals surface area contributed by atoms with Crippen LogP contribution >= 0.6 is 0 Å². The van der Waals surface area contributed by atoms with Crippen LogP contribution in [0.2, 0.25) is 0 Å². The van der Waals surface area contributed by atoms with E-state index < -0.39 is 17.8 Å². The Bertz CT molecular complexity index is 562. The van der Waals surface area contributed by atoms with E-state index in [1.54, 1.807) is 0 Å². The molecule has 1 amide bonds. The summed E-state index contributed by atoms with van der Waals surface area (Å²) >= 11 is 0. The van der Waals surface area contributed by atoms with E-state index in [4.69, 9.17) is 4.74 Å². The number of hydrogen-bond acceptors (Lipinski definition) is 4. The zero-order chi connectivity index (χ0) is 18.2. The Morgan fingerprint density at radius 1 is 1.24 bits per heavy atom. The molecule has 1 aliphatic heterocycles. The van der Waals surface area contributed by atoms with Crippen LogP contribution in [0, 0.1) is 11.8 Å². The standard InChI is InChI=1S/C19H28N2O4/c1-14(2)25-10-6-9-20-18(22)16-12-21(13-17(16)19(23)24)11-15-7-4-3-5-8-15/h3-5,7-8,14,16-17H,6,9-13H2,1-2H3,(H,20,22)(H,23,24). The third-order valence-electron chi connectivity index (χ3n) is 4.37. The van der Waals surface area contributed by atoms with Crippen molar-refractivity contribution in [3.8, 4) is 0 Å². The van der Waals surface area contributed by atoms with Gasteiger partial charge < -0.3 is 15.2 Å². The number of carbonyl (C=O) groups excluding carboxylic acids is 1. The average Bonchev–Trinajstić information content (AvgIpc) is 2.99. The van der Waals surface area contributed by atoms with Crippen molar-refractivity contribution in [1.29, 1.82) is 0 Å². The van der Waals surface area contributed by atoms with Gasteiger partial charge in [-0.15, -0.1) is 0 Å². The van der Waals surface area contributed by atoms with Gasteiger partial charge >= 0.3 is 5.97 Å². The number of aliphatic carboxylic acids is 1. The summed E-state index contributed by atoms with van der Waals surface area (Å²) in [6, 6.07) is 9.90. The molecule has 1 heterocycles. The van der Waals surface area contributed by atoms with E-state index in [1.807, 2.05) is 49.1 Å². The zero-order valence-electron chi connectivity index (χ0n) is 15.0. The number of rotatable bonds is 9. The van der Waals surface area contributed by atoms with E-state index in [9.17, 15) is 14.7 Å². The van der Waals surface area contributed by atoms with Crippen molar-refractivity contribution in [1.82, 2.24) is 10.2 Å². The van der Waals surface area contributed by atoms with Crippen molar-refractivity contribution < 1.29 is 19.4 Å². The predicted molar refractivity (Wildman–Crippen MR) is 95.0 cm³/mol. The highest BCUT2D eigenvalue weighted by molar-refractivity contribution is 5.85. The largest absolute Gasteiger partial charge is 0.481 e. The Balaban J connectivity index is 1.84. The quantitative estimate of drug-likeness (QED) is 0.665. The molecular formula is C19H28N2O4. The number of carboxylic acid groups (broad SMARTS) is 1. The van der Waals surface area contributed by atoms with Crippen molar-refractivity contribution in [2.24, 2.45) is 11.8 Å². The molecule has 1 saturated heterocycles. The van der Waals surface area contributed by atoms with Gasteiger partial charge in [-0.05, 0) is 25.8 Å². The molecule has 138 valence electrons. The van der Waals surface area contributed by atoms with Crippen LogP contribution < -0.4 is 5.32 Å². The zero-order valence-corrected chi connectivity index (χ0v) is 15.0. The lowest BCUT2D eigenvalue weighted by Crippen LogP contribution is -2.38. The number of nitrogens with one attached hydrogen (secondary N) is 1. The number of likely N-dealkylation sites (tertiary alicyclic amines) is 1. The van der Waals surface area contributed by atoms with Crippen LogP contribution in [-0.2, 0) is 20.9 Å². The Morgan fingerprint density at radius 3 is 2.56 bits per heavy atom. The van der Waals surface area contributed by atoms with E-state index in [0.29, 0.717) is 32.8 Å². The molecule has 1 aliphatic rings. The van der Waals surface area contributed by atoms with E-state index in [2.05, 4.69) is 5.32 Å². The Hall–Kier alpha value is -1.92. The molecule has 0 aromatic heterocycles. The van der Waals surface area contributed by atoms with Crippen molar-refractivity contribution in [3.63, 3.8) is 0 Å². The number of benzene rings is 1. The number of hydrogen-bond donors (Lipinski definition) is 2. The molecule has 0 bridgehead atoms. The van der Waals surface area contributed by atoms with Crippen molar-refractivity contribution >= 4 is 11.9 Å². The average molecular weight is 348 g/mol. The lowest BCUT2D eigenvalue weighted by molar-refractivity contribution is -0.145. The Morgan fingerprint density at radius 2 is 1.92 bits per heavy atom. The lowest BCUT2D eigenvalue weighted by atomic mass is 9.95. The first kappa shape index (κ1) is 19.4. The summed E-state index contributed by atoms with van der Waals surface area (Å²) in [4.78, 5) is 26.0. The topological polar surface area (TPSA) is 78.9 Å². The Kier molecular flexibility index (Phi) is 7.40. The molecule has 0 aliphatic carbocycles. The smallest absolute Gasteiger partial charge is 0.308 e. The first-order valence-corrected chi connectivity index (χ1v) is 8.85. The summed E-state index contributed by atoms with van der Waals surface area (Å²) in [5.41, 5.74) is 1.12. The second kappa shape index (κ2) is 9.53. The van der Waals surface area contributed by atoms with Gasteiger partial charge in [-0.2, -0.15) is 0 Å². The van der Waals surface area contributed by atoms with Gasteiger partial charge in [0, 0.05) is 32.8 Å². The second-order valence-corrected chi connectivity index (χ2v) is 6.80. The molecule has 0 spiro atoms. The summed E-state index contributed by atoms with van der Waals surface area (Å²) < 4.78 is 5.44. The number of carboxylic acids is 1. The first-order valence-electron chi connectivity index (χ1n) is 8.85. The van der Waals surface area contributed by atoms with Crippen LogP contribution in [0.5, 0.6) is 0 Å². The van der Waals surface area contributed by atoms with E-state index in [0.717, 1.165) is 12.0 Å². The van der Waals surface area contributed by atoms with E-state index in [-0.39, 0.29) is 12.0 Å². The fraction of sp³-hybridized carbons (Fsp3) is 0.579. The predicted octanol–water partition coefficient (Wildman–Crippen LogP) is 1.75. The molecule has 6 heteroatoms. The van der Waals surface area contributed by atoms with E-state index >= 15 is 0 Å². The molecule has 1 aromatic carbocycles. The second-order valence-electron chi connectivity index (χ2n) is 6.80. The molecule has 6 nitrogen and oxygen atoms in total. The van der Waals surface area contributed by atoms with Crippen molar-refractivity contribution in [2.45, 2.75) is 32.9 Å². The minimum absolute atomic E-state index is 0.174. The van der Waals surface area contributed by atoms with Crippen LogP contribution in [0.1, 0.15) is 25.8 Å². The number of carbonyl (C=O) groups is 2. The fourth-order valence-electron chi connectivity index (χ4n) is 3.11. The first-order chi connectivity index (χ1) is 12.0. The fourth-order valence-corrected chi connectivity index (χ4v) is 3.11. The highest BCUT2D eigenvalue weighted by atomic mass is 16.5. The van der Waals surface area contributed by atoms with Crippen molar-refractivity contribution in [2.75, 3.05) is 26.2 Å². The van der Waals surface area contributed by atoms with Gasteiger partial charge in [0.15, 0.2) is 0 Å². The minimum atomic E-state index is -0.904. The molecule has 2 unspecified atom stereocenters. The molecule has 0 saturated carbocycles. The van der Waals surface area contributed by atoms with E-state index in [1.165, 1.54) is 0 Å². The van der Waals surface area contributed by atoms with Crippen LogP contribution in [0.3, 0.4) is 0 Å². The molecule has 1 fully saturated rings. The maximum absolute atomic E-state index is 12.4. The molecular weight excluding hydrogens is 320 g/mol. The third-order valence-corrected chi connectivity index (χ3v) is 4.37. The Labute approximate surface area is 149 Å².